The highest BCUT2D eigenvalue weighted by Gasteiger charge is 2.30. The van der Waals surface area contributed by atoms with E-state index in [1.54, 1.807) is 23.4 Å². The summed E-state index contributed by atoms with van der Waals surface area (Å²) in [4.78, 5) is 23.3. The molecule has 0 spiro atoms. The Kier molecular flexibility index (Phi) is 4.81. The molecule has 3 heterocycles. The first-order valence-electron chi connectivity index (χ1n) is 9.15. The predicted octanol–water partition coefficient (Wildman–Crippen LogP) is 3.49. The topological polar surface area (TPSA) is 60.2 Å². The van der Waals surface area contributed by atoms with Crippen molar-refractivity contribution in [1.82, 2.24) is 19.4 Å². The summed E-state index contributed by atoms with van der Waals surface area (Å²) >= 11 is 0. The Balaban J connectivity index is 1.56. The van der Waals surface area contributed by atoms with E-state index in [-0.39, 0.29) is 17.7 Å². The molecule has 1 saturated heterocycles. The zero-order chi connectivity index (χ0) is 19.7. The number of methoxy groups -OCH3 is 1. The Hall–Kier alpha value is -3.22. The number of ether oxygens (including phenoxy) is 1. The molecule has 0 radical (unpaired) electrons. The first kappa shape index (κ1) is 18.2. The number of imidazole rings is 1. The molecule has 1 atom stereocenters. The summed E-state index contributed by atoms with van der Waals surface area (Å²) in [5.41, 5.74) is 2.31. The number of nitrogens with zero attached hydrogens (tertiary/aromatic N) is 4. The lowest BCUT2D eigenvalue weighted by molar-refractivity contribution is 0.0787. The summed E-state index contributed by atoms with van der Waals surface area (Å²) in [6, 6.07) is 8.29. The summed E-state index contributed by atoms with van der Waals surface area (Å²) < 4.78 is 21.1. The predicted molar refractivity (Wildman–Crippen MR) is 103 cm³/mol. The van der Waals surface area contributed by atoms with Gasteiger partial charge < -0.3 is 14.2 Å². The molecule has 1 aromatic carbocycles. The highest BCUT2D eigenvalue weighted by Crippen LogP contribution is 2.30. The Morgan fingerprint density at radius 2 is 2.14 bits per heavy atom. The van der Waals surface area contributed by atoms with Crippen LogP contribution < -0.4 is 4.74 Å². The SMILES string of the molecule is COc1ccc(C(=O)N2CCC(n3c(C)cnc3-c3cccnc3)C2)cc1F. The Labute approximate surface area is 162 Å². The minimum Gasteiger partial charge on any atom is -0.494 e. The summed E-state index contributed by atoms with van der Waals surface area (Å²) in [6.45, 7) is 3.17. The van der Waals surface area contributed by atoms with E-state index in [0.717, 1.165) is 23.5 Å². The molecule has 6 nitrogen and oxygen atoms in total. The lowest BCUT2D eigenvalue weighted by Crippen LogP contribution is -2.29. The number of likely N-dealkylation sites (tertiary alicyclic amines) is 1. The molecule has 4 rings (SSSR count). The summed E-state index contributed by atoms with van der Waals surface area (Å²) in [5.74, 6) is 0.268. The van der Waals surface area contributed by atoms with Gasteiger partial charge in [-0.2, -0.15) is 0 Å². The highest BCUT2D eigenvalue weighted by atomic mass is 19.1. The zero-order valence-corrected chi connectivity index (χ0v) is 15.8. The van der Waals surface area contributed by atoms with Gasteiger partial charge in [-0.3, -0.25) is 9.78 Å². The second-order valence-corrected chi connectivity index (χ2v) is 6.88. The molecule has 1 amide bonds. The lowest BCUT2D eigenvalue weighted by Gasteiger charge is -2.20. The zero-order valence-electron chi connectivity index (χ0n) is 15.8. The van der Waals surface area contributed by atoms with Gasteiger partial charge >= 0.3 is 0 Å². The van der Waals surface area contributed by atoms with E-state index in [1.807, 2.05) is 25.3 Å². The normalized spacial score (nSPS) is 16.4. The molecule has 1 aliphatic heterocycles. The maximum atomic E-state index is 14.0. The van der Waals surface area contributed by atoms with Gasteiger partial charge in [0.25, 0.3) is 5.91 Å². The number of aromatic nitrogens is 3. The van der Waals surface area contributed by atoms with Crippen LogP contribution in [0.15, 0.2) is 48.9 Å². The molecule has 1 unspecified atom stereocenters. The lowest BCUT2D eigenvalue weighted by atomic mass is 10.2. The van der Waals surface area contributed by atoms with Gasteiger partial charge in [-0.1, -0.05) is 0 Å². The Bertz CT molecular complexity index is 1000. The quantitative estimate of drug-likeness (QED) is 0.695. The van der Waals surface area contributed by atoms with E-state index in [9.17, 15) is 9.18 Å². The van der Waals surface area contributed by atoms with Crippen LogP contribution in [0.3, 0.4) is 0 Å². The van der Waals surface area contributed by atoms with Crippen LogP contribution in [0.1, 0.15) is 28.5 Å². The number of pyridine rings is 1. The van der Waals surface area contributed by atoms with Gasteiger partial charge in [0.15, 0.2) is 11.6 Å². The van der Waals surface area contributed by atoms with Gasteiger partial charge in [0.1, 0.15) is 5.82 Å². The molecule has 0 N–H and O–H groups in total. The highest BCUT2D eigenvalue weighted by molar-refractivity contribution is 5.94. The number of carbonyl (C=O) groups excluding carboxylic acids is 1. The van der Waals surface area contributed by atoms with E-state index in [4.69, 9.17) is 4.74 Å². The minimum atomic E-state index is -0.534. The van der Waals surface area contributed by atoms with Crippen molar-refractivity contribution >= 4 is 5.91 Å². The summed E-state index contributed by atoms with van der Waals surface area (Å²) in [6.07, 6.45) is 6.17. The van der Waals surface area contributed by atoms with Crippen LogP contribution in [0.25, 0.3) is 11.4 Å². The van der Waals surface area contributed by atoms with E-state index in [1.165, 1.54) is 19.2 Å². The average Bonchev–Trinajstić information content (AvgIpc) is 3.34. The van der Waals surface area contributed by atoms with Crippen molar-refractivity contribution in [1.29, 1.82) is 0 Å². The molecule has 1 aliphatic rings. The van der Waals surface area contributed by atoms with Crippen LogP contribution in [0.5, 0.6) is 5.75 Å². The summed E-state index contributed by atoms with van der Waals surface area (Å²) in [5, 5.41) is 0. The van der Waals surface area contributed by atoms with E-state index < -0.39 is 5.82 Å². The summed E-state index contributed by atoms with van der Waals surface area (Å²) in [7, 11) is 1.40. The second kappa shape index (κ2) is 7.42. The van der Waals surface area contributed by atoms with Crippen LogP contribution >= 0.6 is 0 Å². The smallest absolute Gasteiger partial charge is 0.254 e. The number of rotatable bonds is 4. The van der Waals surface area contributed by atoms with Crippen molar-refractivity contribution in [3.63, 3.8) is 0 Å². The number of hydrogen-bond acceptors (Lipinski definition) is 4. The van der Waals surface area contributed by atoms with Gasteiger partial charge in [0, 0.05) is 48.5 Å². The van der Waals surface area contributed by atoms with Crippen LogP contribution in [0, 0.1) is 12.7 Å². The van der Waals surface area contributed by atoms with E-state index >= 15 is 0 Å². The molecule has 7 heteroatoms. The van der Waals surface area contributed by atoms with Gasteiger partial charge in [0.05, 0.1) is 13.2 Å². The molecular weight excluding hydrogens is 359 g/mol. The third-order valence-corrected chi connectivity index (χ3v) is 5.12. The van der Waals surface area contributed by atoms with Gasteiger partial charge in [-0.15, -0.1) is 0 Å². The number of halogens is 1. The largest absolute Gasteiger partial charge is 0.494 e. The van der Waals surface area contributed by atoms with E-state index in [2.05, 4.69) is 14.5 Å². The Morgan fingerprint density at radius 3 is 2.86 bits per heavy atom. The monoisotopic (exact) mass is 380 g/mol. The van der Waals surface area contributed by atoms with Crippen molar-refractivity contribution in [2.75, 3.05) is 20.2 Å². The Morgan fingerprint density at radius 1 is 1.29 bits per heavy atom. The number of benzene rings is 1. The molecule has 144 valence electrons. The van der Waals surface area contributed by atoms with Crippen molar-refractivity contribution in [3.05, 3.63) is 66.0 Å². The fourth-order valence-electron chi connectivity index (χ4n) is 3.73. The van der Waals surface area contributed by atoms with Crippen molar-refractivity contribution in [2.24, 2.45) is 0 Å². The van der Waals surface area contributed by atoms with Gasteiger partial charge in [-0.25, -0.2) is 9.37 Å². The van der Waals surface area contributed by atoms with Crippen LogP contribution in [-0.2, 0) is 0 Å². The first-order valence-corrected chi connectivity index (χ1v) is 9.15. The van der Waals surface area contributed by atoms with Crippen LogP contribution in [0.4, 0.5) is 4.39 Å². The third-order valence-electron chi connectivity index (χ3n) is 5.12. The van der Waals surface area contributed by atoms with Crippen LogP contribution in [-0.4, -0.2) is 45.5 Å². The van der Waals surface area contributed by atoms with Gasteiger partial charge in [0.2, 0.25) is 0 Å². The van der Waals surface area contributed by atoms with Gasteiger partial charge in [-0.05, 0) is 43.7 Å². The third kappa shape index (κ3) is 3.24. The fourth-order valence-corrected chi connectivity index (χ4v) is 3.73. The molecule has 1 fully saturated rings. The van der Waals surface area contributed by atoms with E-state index in [0.29, 0.717) is 18.7 Å². The van der Waals surface area contributed by atoms with Crippen molar-refractivity contribution in [3.8, 4) is 17.1 Å². The standard InChI is InChI=1S/C21H21FN4O2/c1-14-11-24-20(16-4-3-8-23-12-16)26(14)17-7-9-25(13-17)21(27)15-5-6-19(28-2)18(22)10-15/h3-6,8,10-12,17H,7,9,13H2,1-2H3. The molecule has 0 aliphatic carbocycles. The number of aryl methyl sites for hydroxylation is 1. The average molecular weight is 380 g/mol. The van der Waals surface area contributed by atoms with Crippen LogP contribution in [0.2, 0.25) is 0 Å². The maximum Gasteiger partial charge on any atom is 0.254 e. The molecule has 0 saturated carbocycles. The number of carbonyl (C=O) groups is 1. The molecule has 0 bridgehead atoms. The number of hydrogen-bond donors (Lipinski definition) is 0. The maximum absolute atomic E-state index is 14.0. The first-order chi connectivity index (χ1) is 13.6. The van der Waals surface area contributed by atoms with Crippen molar-refractivity contribution in [2.45, 2.75) is 19.4 Å². The molecule has 2 aromatic heterocycles. The molecule has 28 heavy (non-hydrogen) atoms. The second-order valence-electron chi connectivity index (χ2n) is 6.88. The molecule has 3 aromatic rings. The fraction of sp³-hybridized carbons (Fsp3) is 0.286. The van der Waals surface area contributed by atoms with Crippen molar-refractivity contribution < 1.29 is 13.9 Å². The minimum absolute atomic E-state index is 0.116. The number of amides is 1. The molecular formula is C21H21FN4O2.